The van der Waals surface area contributed by atoms with Gasteiger partial charge in [-0.15, -0.1) is 11.3 Å². The van der Waals surface area contributed by atoms with Gasteiger partial charge in [0.1, 0.15) is 4.83 Å². The van der Waals surface area contributed by atoms with E-state index in [4.69, 9.17) is 0 Å². The van der Waals surface area contributed by atoms with Crippen molar-refractivity contribution in [3.05, 3.63) is 52.0 Å². The van der Waals surface area contributed by atoms with Crippen molar-refractivity contribution in [3.63, 3.8) is 0 Å². The topological polar surface area (TPSA) is 8.17 Å². The molecule has 2 aliphatic heterocycles. The van der Waals surface area contributed by atoms with Crippen LogP contribution in [0.3, 0.4) is 0 Å². The molecule has 142 valence electrons. The number of rotatable bonds is 0. The third kappa shape index (κ3) is 1.65. The van der Waals surface area contributed by atoms with Crippen LogP contribution in [0.5, 0.6) is 0 Å². The number of fused-ring (bicyclic) bond motifs is 7. The molecule has 1 aromatic carbocycles. The fourth-order valence-corrected chi connectivity index (χ4v) is 7.58. The van der Waals surface area contributed by atoms with Crippen molar-refractivity contribution in [1.29, 1.82) is 0 Å². The minimum atomic E-state index is -0.0198. The van der Waals surface area contributed by atoms with E-state index in [-0.39, 0.29) is 16.4 Å². The molecule has 5 rings (SSSR count). The molecule has 0 fully saturated rings. The second-order valence-corrected chi connectivity index (χ2v) is 10.8. The summed E-state index contributed by atoms with van der Waals surface area (Å²) >= 11 is 2.01. The molecule has 0 saturated heterocycles. The first kappa shape index (κ1) is 17.4. The van der Waals surface area contributed by atoms with Crippen LogP contribution in [0, 0.1) is 12.3 Å². The lowest BCUT2D eigenvalue weighted by atomic mass is 9.52. The fourth-order valence-electron chi connectivity index (χ4n) is 5.95. The SMILES string of the molecule is Cc1cccc2c1N1[C@@H](C)c3c(sc4c3ccn4C)C1(C)C(C)(C)C2(C)C. The van der Waals surface area contributed by atoms with Crippen LogP contribution in [-0.4, -0.2) is 4.57 Å². The quantitative estimate of drug-likeness (QED) is 0.424. The number of benzene rings is 1. The molecular weight excluding hydrogens is 348 g/mol. The van der Waals surface area contributed by atoms with Gasteiger partial charge in [0.05, 0.1) is 11.6 Å². The fraction of sp³-hybridized carbons (Fsp3) is 0.500. The van der Waals surface area contributed by atoms with E-state index in [1.54, 1.807) is 10.4 Å². The summed E-state index contributed by atoms with van der Waals surface area (Å²) in [4.78, 5) is 5.75. The van der Waals surface area contributed by atoms with Crippen LogP contribution in [0.1, 0.15) is 69.2 Å². The number of nitrogens with zero attached hydrogens (tertiary/aromatic N) is 2. The minimum absolute atomic E-state index is 0.0198. The summed E-state index contributed by atoms with van der Waals surface area (Å²) in [5, 5.41) is 1.45. The summed E-state index contributed by atoms with van der Waals surface area (Å²) in [5.41, 5.74) is 6.05. The van der Waals surface area contributed by atoms with Crippen molar-refractivity contribution in [2.75, 3.05) is 4.90 Å². The normalized spacial score (nSPS) is 27.6. The molecule has 2 aromatic heterocycles. The molecule has 2 aliphatic rings. The molecular formula is C24H30N2S. The lowest BCUT2D eigenvalue weighted by Crippen LogP contribution is -2.61. The molecule has 4 heterocycles. The Morgan fingerprint density at radius 2 is 1.74 bits per heavy atom. The molecule has 0 saturated carbocycles. The number of hydrogen-bond acceptors (Lipinski definition) is 2. The van der Waals surface area contributed by atoms with Crippen LogP contribution in [-0.2, 0) is 18.0 Å². The van der Waals surface area contributed by atoms with Gasteiger partial charge in [0.15, 0.2) is 0 Å². The lowest BCUT2D eigenvalue weighted by molar-refractivity contribution is 0.0672. The summed E-state index contributed by atoms with van der Waals surface area (Å²) in [6.07, 6.45) is 2.21. The number of aromatic nitrogens is 1. The van der Waals surface area contributed by atoms with Gasteiger partial charge in [0, 0.05) is 40.2 Å². The van der Waals surface area contributed by atoms with E-state index in [2.05, 4.69) is 95.4 Å². The second-order valence-electron chi connectivity index (χ2n) is 9.83. The van der Waals surface area contributed by atoms with Gasteiger partial charge in [-0.1, -0.05) is 45.9 Å². The predicted molar refractivity (Wildman–Crippen MR) is 117 cm³/mol. The summed E-state index contributed by atoms with van der Waals surface area (Å²) in [5.74, 6) is 0. The molecule has 2 atom stereocenters. The van der Waals surface area contributed by atoms with Crippen molar-refractivity contribution >= 4 is 27.2 Å². The third-order valence-corrected chi connectivity index (χ3v) is 9.93. The number of para-hydroxylation sites is 1. The second kappa shape index (κ2) is 4.81. The van der Waals surface area contributed by atoms with Crippen molar-refractivity contribution in [1.82, 2.24) is 4.57 Å². The standard InChI is InChI=1S/C24H30N2S/c1-14-10-9-11-17-19(14)26-15(2)18-16-12-13-25(8)21(16)27-20(18)24(26,7)23(5,6)22(17,3)4/h9-13,15H,1-8H3/t15-,24?/m0/s1. The zero-order valence-electron chi connectivity index (χ0n) is 17.8. The molecule has 0 radical (unpaired) electrons. The Hall–Kier alpha value is -1.74. The molecule has 27 heavy (non-hydrogen) atoms. The Labute approximate surface area is 166 Å². The van der Waals surface area contributed by atoms with Crippen molar-refractivity contribution in [3.8, 4) is 0 Å². The molecule has 0 amide bonds. The molecule has 2 nitrogen and oxygen atoms in total. The molecule has 3 aromatic rings. The summed E-state index contributed by atoms with van der Waals surface area (Å²) in [7, 11) is 2.17. The average Bonchev–Trinajstić information content (AvgIpc) is 3.20. The summed E-state index contributed by atoms with van der Waals surface area (Å²) in [6, 6.07) is 9.59. The molecule has 0 N–H and O–H groups in total. The Kier molecular flexibility index (Phi) is 3.09. The van der Waals surface area contributed by atoms with Crippen molar-refractivity contribution < 1.29 is 0 Å². The Bertz CT molecular complexity index is 1100. The first-order chi connectivity index (χ1) is 12.5. The Balaban J connectivity index is 1.93. The maximum atomic E-state index is 2.76. The van der Waals surface area contributed by atoms with Crippen LogP contribution < -0.4 is 4.90 Å². The van der Waals surface area contributed by atoms with Gasteiger partial charge in [-0.05, 0) is 43.4 Å². The van der Waals surface area contributed by atoms with Gasteiger partial charge in [0.2, 0.25) is 0 Å². The monoisotopic (exact) mass is 378 g/mol. The summed E-state index contributed by atoms with van der Waals surface area (Å²) in [6.45, 7) is 17.1. The Morgan fingerprint density at radius 1 is 1.04 bits per heavy atom. The minimum Gasteiger partial charge on any atom is -0.353 e. The predicted octanol–water partition coefficient (Wildman–Crippen LogP) is 6.66. The van der Waals surface area contributed by atoms with Crippen LogP contribution in [0.15, 0.2) is 30.5 Å². The zero-order chi connectivity index (χ0) is 19.5. The van der Waals surface area contributed by atoms with Crippen LogP contribution in [0.2, 0.25) is 0 Å². The van der Waals surface area contributed by atoms with E-state index in [1.165, 1.54) is 27.0 Å². The van der Waals surface area contributed by atoms with Gasteiger partial charge in [0.25, 0.3) is 0 Å². The van der Waals surface area contributed by atoms with Gasteiger partial charge in [-0.2, -0.15) is 0 Å². The largest absolute Gasteiger partial charge is 0.353 e. The van der Waals surface area contributed by atoms with Gasteiger partial charge in [-0.3, -0.25) is 0 Å². The molecule has 0 aliphatic carbocycles. The zero-order valence-corrected chi connectivity index (χ0v) is 18.6. The highest BCUT2D eigenvalue weighted by atomic mass is 32.1. The molecule has 1 unspecified atom stereocenters. The van der Waals surface area contributed by atoms with Crippen LogP contribution >= 0.6 is 11.3 Å². The summed E-state index contributed by atoms with van der Waals surface area (Å²) < 4.78 is 2.29. The van der Waals surface area contributed by atoms with Gasteiger partial charge < -0.3 is 9.47 Å². The third-order valence-electron chi connectivity index (χ3n) is 8.41. The smallest absolute Gasteiger partial charge is 0.103 e. The molecule has 0 spiro atoms. The van der Waals surface area contributed by atoms with Gasteiger partial charge in [-0.25, -0.2) is 0 Å². The first-order valence-corrected chi connectivity index (χ1v) is 10.8. The average molecular weight is 379 g/mol. The van der Waals surface area contributed by atoms with Crippen LogP contribution in [0.25, 0.3) is 10.2 Å². The van der Waals surface area contributed by atoms with E-state index in [0.29, 0.717) is 6.04 Å². The van der Waals surface area contributed by atoms with E-state index in [9.17, 15) is 0 Å². The molecule has 3 heteroatoms. The highest BCUT2D eigenvalue weighted by Gasteiger charge is 2.64. The maximum Gasteiger partial charge on any atom is 0.103 e. The number of aryl methyl sites for hydroxylation is 2. The first-order valence-electron chi connectivity index (χ1n) is 10.0. The number of hydrogen-bond donors (Lipinski definition) is 0. The van der Waals surface area contributed by atoms with E-state index in [0.717, 1.165) is 0 Å². The lowest BCUT2D eigenvalue weighted by Gasteiger charge is -2.62. The van der Waals surface area contributed by atoms with Crippen molar-refractivity contribution in [2.45, 2.75) is 65.5 Å². The van der Waals surface area contributed by atoms with Crippen molar-refractivity contribution in [2.24, 2.45) is 12.5 Å². The van der Waals surface area contributed by atoms with E-state index >= 15 is 0 Å². The van der Waals surface area contributed by atoms with E-state index < -0.39 is 0 Å². The Morgan fingerprint density at radius 3 is 2.44 bits per heavy atom. The highest BCUT2D eigenvalue weighted by Crippen LogP contribution is 2.69. The highest BCUT2D eigenvalue weighted by molar-refractivity contribution is 7.19. The van der Waals surface area contributed by atoms with E-state index in [1.807, 2.05) is 11.3 Å². The number of anilines is 1. The van der Waals surface area contributed by atoms with Crippen LogP contribution in [0.4, 0.5) is 5.69 Å². The molecule has 0 bridgehead atoms. The van der Waals surface area contributed by atoms with Gasteiger partial charge >= 0.3 is 0 Å². The number of thiophene rings is 1. The maximum absolute atomic E-state index is 2.76.